The number of halogens is 1. The van der Waals surface area contributed by atoms with Crippen LogP contribution in [0, 0.1) is 0 Å². The molecule has 5 nitrogen and oxygen atoms in total. The molecule has 1 aliphatic rings. The molecular weight excluding hydrogens is 400 g/mol. The van der Waals surface area contributed by atoms with Crippen molar-refractivity contribution >= 4 is 52.0 Å². The third-order valence-corrected chi connectivity index (χ3v) is 5.51. The van der Waals surface area contributed by atoms with Crippen LogP contribution in [0.1, 0.15) is 5.56 Å². The molecule has 0 bridgehead atoms. The van der Waals surface area contributed by atoms with Gasteiger partial charge in [-0.3, -0.25) is 4.79 Å². The molecule has 0 radical (unpaired) electrons. The second-order valence-corrected chi connectivity index (χ2v) is 7.77. The third-order valence-electron chi connectivity index (χ3n) is 3.92. The quantitative estimate of drug-likeness (QED) is 0.471. The molecule has 0 spiro atoms. The second-order valence-electron chi connectivity index (χ2n) is 5.72. The van der Waals surface area contributed by atoms with Gasteiger partial charge in [0, 0.05) is 22.3 Å². The number of para-hydroxylation sites is 1. The normalized spacial score (nSPS) is 14.5. The molecule has 4 rings (SSSR count). The van der Waals surface area contributed by atoms with Crippen LogP contribution in [0.5, 0.6) is 0 Å². The molecule has 8 heteroatoms. The maximum absolute atomic E-state index is 11.9. The van der Waals surface area contributed by atoms with Gasteiger partial charge in [-0.05, 0) is 24.3 Å². The summed E-state index contributed by atoms with van der Waals surface area (Å²) in [4.78, 5) is 11.9. The first-order chi connectivity index (χ1) is 13.1. The van der Waals surface area contributed by atoms with Crippen molar-refractivity contribution in [3.05, 3.63) is 71.4 Å². The number of amides is 1. The van der Waals surface area contributed by atoms with E-state index in [1.54, 1.807) is 10.9 Å². The van der Waals surface area contributed by atoms with Crippen molar-refractivity contribution < 1.29 is 4.79 Å². The first-order valence-electron chi connectivity index (χ1n) is 8.06. The van der Waals surface area contributed by atoms with E-state index in [0.29, 0.717) is 15.1 Å². The summed E-state index contributed by atoms with van der Waals surface area (Å²) in [6, 6.07) is 17.2. The van der Waals surface area contributed by atoms with Gasteiger partial charge in [-0.25, -0.2) is 4.68 Å². The average Bonchev–Trinajstić information content (AvgIpc) is 3.25. The first kappa shape index (κ1) is 17.9. The highest BCUT2D eigenvalue weighted by Gasteiger charge is 2.26. The Morgan fingerprint density at radius 1 is 1.15 bits per heavy atom. The SMILES string of the molecule is O=C1CSC(=S)N1/N=C/c1cn(-c2ccccc2)nc1-c1ccc(Cl)cc1. The Labute approximate surface area is 170 Å². The summed E-state index contributed by atoms with van der Waals surface area (Å²) >= 11 is 12.5. The molecule has 2 heterocycles. The Hall–Kier alpha value is -2.48. The minimum absolute atomic E-state index is 0.121. The third kappa shape index (κ3) is 3.80. The number of hydrogen-bond donors (Lipinski definition) is 0. The molecular formula is C19H13ClN4OS2. The van der Waals surface area contributed by atoms with Crippen molar-refractivity contribution in [2.24, 2.45) is 5.10 Å². The van der Waals surface area contributed by atoms with Crippen molar-refractivity contribution in [2.75, 3.05) is 5.75 Å². The summed E-state index contributed by atoms with van der Waals surface area (Å²) < 4.78 is 2.24. The molecule has 1 aliphatic heterocycles. The molecule has 2 aromatic carbocycles. The summed E-state index contributed by atoms with van der Waals surface area (Å²) in [5.41, 5.74) is 3.34. The number of nitrogens with zero attached hydrogens (tertiary/aromatic N) is 4. The Kier molecular flexibility index (Phi) is 5.07. The Balaban J connectivity index is 1.76. The number of carbonyl (C=O) groups excluding carboxylic acids is 1. The lowest BCUT2D eigenvalue weighted by Gasteiger charge is -2.06. The number of hydrazone groups is 1. The average molecular weight is 413 g/mol. The van der Waals surface area contributed by atoms with Crippen LogP contribution in [0.2, 0.25) is 5.02 Å². The fourth-order valence-electron chi connectivity index (χ4n) is 2.61. The number of thiocarbonyl (C=S) groups is 1. The van der Waals surface area contributed by atoms with Gasteiger partial charge in [0.25, 0.3) is 5.91 Å². The summed E-state index contributed by atoms with van der Waals surface area (Å²) in [7, 11) is 0. The van der Waals surface area contributed by atoms with Crippen LogP contribution in [0.4, 0.5) is 0 Å². The van der Waals surface area contributed by atoms with E-state index in [-0.39, 0.29) is 5.91 Å². The molecule has 0 aliphatic carbocycles. The van der Waals surface area contributed by atoms with Gasteiger partial charge in [0.15, 0.2) is 4.32 Å². The maximum Gasteiger partial charge on any atom is 0.259 e. The van der Waals surface area contributed by atoms with Gasteiger partial charge in [-0.2, -0.15) is 15.2 Å². The number of benzene rings is 2. The summed E-state index contributed by atoms with van der Waals surface area (Å²) in [6.07, 6.45) is 3.49. The molecule has 0 unspecified atom stereocenters. The number of carbonyl (C=O) groups is 1. The van der Waals surface area contributed by atoms with E-state index in [9.17, 15) is 4.79 Å². The Morgan fingerprint density at radius 2 is 1.89 bits per heavy atom. The van der Waals surface area contributed by atoms with E-state index < -0.39 is 0 Å². The number of aromatic nitrogens is 2. The van der Waals surface area contributed by atoms with Crippen LogP contribution in [-0.4, -0.2) is 37.0 Å². The predicted molar refractivity (Wildman–Crippen MR) is 114 cm³/mol. The summed E-state index contributed by atoms with van der Waals surface area (Å²) in [5, 5.41) is 10.9. The van der Waals surface area contributed by atoms with Gasteiger partial charge >= 0.3 is 0 Å². The molecule has 0 atom stereocenters. The lowest BCUT2D eigenvalue weighted by molar-refractivity contribution is -0.123. The van der Waals surface area contributed by atoms with Gasteiger partial charge < -0.3 is 0 Å². The van der Waals surface area contributed by atoms with E-state index in [1.165, 1.54) is 16.8 Å². The molecule has 0 saturated carbocycles. The van der Waals surface area contributed by atoms with Crippen molar-refractivity contribution in [3.8, 4) is 16.9 Å². The fraction of sp³-hybridized carbons (Fsp3) is 0.0526. The molecule has 27 heavy (non-hydrogen) atoms. The predicted octanol–water partition coefficient (Wildman–Crippen LogP) is 4.39. The second kappa shape index (κ2) is 7.64. The van der Waals surface area contributed by atoms with Crippen LogP contribution < -0.4 is 0 Å². The van der Waals surface area contributed by atoms with Crippen molar-refractivity contribution in [1.82, 2.24) is 14.8 Å². The van der Waals surface area contributed by atoms with Gasteiger partial charge in [-0.1, -0.05) is 65.9 Å². The van der Waals surface area contributed by atoms with E-state index in [1.807, 2.05) is 60.8 Å². The highest BCUT2D eigenvalue weighted by molar-refractivity contribution is 8.23. The molecule has 1 fully saturated rings. The summed E-state index contributed by atoms with van der Waals surface area (Å²) in [6.45, 7) is 0. The van der Waals surface area contributed by atoms with Crippen molar-refractivity contribution in [1.29, 1.82) is 0 Å². The van der Waals surface area contributed by atoms with Crippen LogP contribution in [-0.2, 0) is 4.79 Å². The standard InChI is InChI=1S/C19H13ClN4OS2/c20-15-8-6-13(7-9-15)18-14(10-21-24-17(25)12-27-19(24)26)11-23(22-18)16-4-2-1-3-5-16/h1-11H,12H2/b21-10+. The van der Waals surface area contributed by atoms with Gasteiger partial charge in [0.2, 0.25) is 0 Å². The van der Waals surface area contributed by atoms with E-state index in [4.69, 9.17) is 28.9 Å². The fourth-order valence-corrected chi connectivity index (χ4v) is 3.70. The highest BCUT2D eigenvalue weighted by atomic mass is 35.5. The monoisotopic (exact) mass is 412 g/mol. The molecule has 1 saturated heterocycles. The zero-order chi connectivity index (χ0) is 18.8. The Bertz CT molecular complexity index is 1020. The van der Waals surface area contributed by atoms with E-state index in [2.05, 4.69) is 5.10 Å². The van der Waals surface area contributed by atoms with Crippen LogP contribution in [0.15, 0.2) is 65.9 Å². The minimum Gasteiger partial charge on any atom is -0.272 e. The van der Waals surface area contributed by atoms with Gasteiger partial charge in [-0.15, -0.1) is 0 Å². The Morgan fingerprint density at radius 3 is 2.56 bits per heavy atom. The first-order valence-corrected chi connectivity index (χ1v) is 9.84. The molecule has 134 valence electrons. The van der Waals surface area contributed by atoms with Crippen LogP contribution in [0.3, 0.4) is 0 Å². The maximum atomic E-state index is 11.9. The van der Waals surface area contributed by atoms with Gasteiger partial charge in [0.05, 0.1) is 17.7 Å². The lowest BCUT2D eigenvalue weighted by Crippen LogP contribution is -2.22. The van der Waals surface area contributed by atoms with Crippen LogP contribution >= 0.6 is 35.6 Å². The number of thioether (sulfide) groups is 1. The molecule has 1 amide bonds. The zero-order valence-corrected chi connectivity index (χ0v) is 16.3. The largest absolute Gasteiger partial charge is 0.272 e. The topological polar surface area (TPSA) is 50.5 Å². The number of rotatable bonds is 4. The highest BCUT2D eigenvalue weighted by Crippen LogP contribution is 2.25. The van der Waals surface area contributed by atoms with Crippen molar-refractivity contribution in [2.45, 2.75) is 0 Å². The van der Waals surface area contributed by atoms with Crippen LogP contribution in [0.25, 0.3) is 16.9 Å². The molecule has 1 aromatic heterocycles. The summed E-state index contributed by atoms with van der Waals surface area (Å²) in [5.74, 6) is 0.202. The van der Waals surface area contributed by atoms with E-state index >= 15 is 0 Å². The number of hydrogen-bond acceptors (Lipinski definition) is 5. The van der Waals surface area contributed by atoms with E-state index in [0.717, 1.165) is 22.5 Å². The lowest BCUT2D eigenvalue weighted by atomic mass is 10.1. The van der Waals surface area contributed by atoms with Gasteiger partial charge in [0.1, 0.15) is 5.69 Å². The smallest absolute Gasteiger partial charge is 0.259 e. The molecule has 3 aromatic rings. The molecule has 0 N–H and O–H groups in total. The van der Waals surface area contributed by atoms with Crippen molar-refractivity contribution in [3.63, 3.8) is 0 Å². The minimum atomic E-state index is -0.121. The zero-order valence-electron chi connectivity index (χ0n) is 13.9.